The Kier molecular flexibility index (Phi) is 5.23. The van der Waals surface area contributed by atoms with Crippen molar-refractivity contribution in [1.29, 1.82) is 0 Å². The summed E-state index contributed by atoms with van der Waals surface area (Å²) >= 11 is 1.18. The van der Waals surface area contributed by atoms with Crippen molar-refractivity contribution in [2.24, 2.45) is 0 Å². The van der Waals surface area contributed by atoms with Gasteiger partial charge in [-0.3, -0.25) is 4.79 Å². The minimum absolute atomic E-state index is 0.171. The van der Waals surface area contributed by atoms with Gasteiger partial charge in [0.1, 0.15) is 16.5 Å². The number of ether oxygens (including phenoxy) is 1. The summed E-state index contributed by atoms with van der Waals surface area (Å²) in [6.07, 6.45) is 0. The molecular formula is C20H19FN4O2S. The number of morpholine rings is 1. The molecule has 0 aliphatic carbocycles. The Morgan fingerprint density at radius 1 is 1.11 bits per heavy atom. The van der Waals surface area contributed by atoms with Crippen LogP contribution < -0.4 is 16.0 Å². The molecule has 0 unspecified atom stereocenters. The fourth-order valence-electron chi connectivity index (χ4n) is 2.98. The van der Waals surface area contributed by atoms with Gasteiger partial charge >= 0.3 is 0 Å². The summed E-state index contributed by atoms with van der Waals surface area (Å²) in [6.45, 7) is 3.10. The van der Waals surface area contributed by atoms with E-state index in [2.05, 4.69) is 15.2 Å². The first-order valence-electron chi connectivity index (χ1n) is 8.86. The van der Waals surface area contributed by atoms with E-state index >= 15 is 0 Å². The predicted molar refractivity (Wildman–Crippen MR) is 109 cm³/mol. The summed E-state index contributed by atoms with van der Waals surface area (Å²) in [4.78, 5) is 19.7. The van der Waals surface area contributed by atoms with Crippen molar-refractivity contribution >= 4 is 39.4 Å². The van der Waals surface area contributed by atoms with E-state index in [1.165, 1.54) is 23.5 Å². The van der Waals surface area contributed by atoms with Crippen LogP contribution in [0.5, 0.6) is 0 Å². The number of hydrogen-bond acceptors (Lipinski definition) is 7. The summed E-state index contributed by atoms with van der Waals surface area (Å²) in [5.41, 5.74) is 8.25. The highest BCUT2D eigenvalue weighted by Gasteiger charge is 2.19. The number of aromatic nitrogens is 1. The third-order valence-electron chi connectivity index (χ3n) is 4.46. The Balaban J connectivity index is 1.49. The van der Waals surface area contributed by atoms with Crippen LogP contribution in [-0.2, 0) is 4.74 Å². The molecule has 2 aromatic carbocycles. The van der Waals surface area contributed by atoms with Gasteiger partial charge in [0, 0.05) is 30.0 Å². The molecule has 0 amide bonds. The summed E-state index contributed by atoms with van der Waals surface area (Å²) in [6, 6.07) is 13.4. The van der Waals surface area contributed by atoms with Crippen molar-refractivity contribution < 1.29 is 13.9 Å². The van der Waals surface area contributed by atoms with Crippen molar-refractivity contribution in [3.63, 3.8) is 0 Å². The Labute approximate surface area is 165 Å². The lowest BCUT2D eigenvalue weighted by molar-refractivity contribution is 0.104. The standard InChI is InChI=1S/C20H19FN4O2S/c21-14-3-5-15(6-4-14)23-20-24-19(22)18(28-20)17(26)13-1-7-16(8-2-13)25-9-11-27-12-10-25/h1-8H,9-12,22H2,(H,23,24). The molecule has 0 bridgehead atoms. The number of ketones is 1. The number of nitrogens with zero attached hydrogens (tertiary/aromatic N) is 2. The van der Waals surface area contributed by atoms with Gasteiger partial charge < -0.3 is 20.7 Å². The Hall–Kier alpha value is -2.97. The zero-order valence-electron chi connectivity index (χ0n) is 15.0. The summed E-state index contributed by atoms with van der Waals surface area (Å²) in [5.74, 6) is -0.312. The van der Waals surface area contributed by atoms with Crippen LogP contribution in [-0.4, -0.2) is 37.1 Å². The average molecular weight is 398 g/mol. The van der Waals surface area contributed by atoms with Gasteiger partial charge in [0.2, 0.25) is 5.78 Å². The largest absolute Gasteiger partial charge is 0.382 e. The van der Waals surface area contributed by atoms with Crippen LogP contribution in [0.2, 0.25) is 0 Å². The molecular weight excluding hydrogens is 379 g/mol. The van der Waals surface area contributed by atoms with Crippen molar-refractivity contribution in [2.45, 2.75) is 0 Å². The summed E-state index contributed by atoms with van der Waals surface area (Å²) < 4.78 is 18.4. The minimum Gasteiger partial charge on any atom is -0.382 e. The molecule has 3 aromatic rings. The number of carbonyl (C=O) groups is 1. The zero-order chi connectivity index (χ0) is 19.5. The molecule has 8 heteroatoms. The molecule has 1 aromatic heterocycles. The van der Waals surface area contributed by atoms with E-state index in [9.17, 15) is 9.18 Å². The number of nitrogen functional groups attached to an aromatic ring is 1. The van der Waals surface area contributed by atoms with Crippen LogP contribution >= 0.6 is 11.3 Å². The van der Waals surface area contributed by atoms with Gasteiger partial charge in [-0.05, 0) is 48.5 Å². The van der Waals surface area contributed by atoms with Crippen molar-refractivity contribution in [3.8, 4) is 0 Å². The predicted octanol–water partition coefficient (Wildman–Crippen LogP) is 3.68. The second-order valence-electron chi connectivity index (χ2n) is 6.34. The summed E-state index contributed by atoms with van der Waals surface area (Å²) in [5, 5.41) is 3.52. The lowest BCUT2D eigenvalue weighted by atomic mass is 10.1. The highest BCUT2D eigenvalue weighted by atomic mass is 32.1. The average Bonchev–Trinajstić information content (AvgIpc) is 3.10. The van der Waals surface area contributed by atoms with Crippen LogP contribution in [0.3, 0.4) is 0 Å². The van der Waals surface area contributed by atoms with E-state index in [4.69, 9.17) is 10.5 Å². The van der Waals surface area contributed by atoms with Crippen LogP contribution in [0, 0.1) is 5.82 Å². The first kappa shape index (κ1) is 18.4. The van der Waals surface area contributed by atoms with Gasteiger partial charge in [-0.25, -0.2) is 9.37 Å². The summed E-state index contributed by atoms with van der Waals surface area (Å²) in [7, 11) is 0. The van der Waals surface area contributed by atoms with Gasteiger partial charge in [0.05, 0.1) is 13.2 Å². The maximum atomic E-state index is 13.0. The first-order valence-corrected chi connectivity index (χ1v) is 9.68. The molecule has 0 spiro atoms. The van der Waals surface area contributed by atoms with E-state index < -0.39 is 0 Å². The molecule has 6 nitrogen and oxygen atoms in total. The molecule has 28 heavy (non-hydrogen) atoms. The van der Waals surface area contributed by atoms with E-state index in [-0.39, 0.29) is 17.4 Å². The molecule has 0 saturated carbocycles. The maximum absolute atomic E-state index is 13.0. The van der Waals surface area contributed by atoms with E-state index in [0.717, 1.165) is 18.8 Å². The fraction of sp³-hybridized carbons (Fsp3) is 0.200. The number of halogens is 1. The molecule has 1 aliphatic heterocycles. The highest BCUT2D eigenvalue weighted by Crippen LogP contribution is 2.30. The van der Waals surface area contributed by atoms with Gasteiger partial charge in [0.15, 0.2) is 5.13 Å². The molecule has 3 N–H and O–H groups in total. The van der Waals surface area contributed by atoms with E-state index in [0.29, 0.717) is 34.5 Å². The van der Waals surface area contributed by atoms with Crippen molar-refractivity contribution in [3.05, 3.63) is 64.8 Å². The number of carbonyl (C=O) groups excluding carboxylic acids is 1. The van der Waals surface area contributed by atoms with Gasteiger partial charge in [-0.15, -0.1) is 0 Å². The Bertz CT molecular complexity index is 967. The number of nitrogens with two attached hydrogens (primary N) is 1. The SMILES string of the molecule is Nc1nc(Nc2ccc(F)cc2)sc1C(=O)c1ccc(N2CCOCC2)cc1. The zero-order valence-corrected chi connectivity index (χ0v) is 15.8. The molecule has 1 fully saturated rings. The van der Waals surface area contributed by atoms with Crippen molar-refractivity contribution in [2.75, 3.05) is 42.3 Å². The number of nitrogens with one attached hydrogen (secondary N) is 1. The topological polar surface area (TPSA) is 80.5 Å². The van der Waals surface area contributed by atoms with Gasteiger partial charge in [-0.1, -0.05) is 11.3 Å². The Morgan fingerprint density at radius 3 is 2.46 bits per heavy atom. The number of thiazole rings is 1. The lowest BCUT2D eigenvalue weighted by Crippen LogP contribution is -2.36. The van der Waals surface area contributed by atoms with E-state index in [1.54, 1.807) is 24.3 Å². The molecule has 4 rings (SSSR count). The normalized spacial score (nSPS) is 14.1. The smallest absolute Gasteiger partial charge is 0.206 e. The molecule has 1 saturated heterocycles. The van der Waals surface area contributed by atoms with Crippen LogP contribution in [0.25, 0.3) is 0 Å². The molecule has 1 aliphatic rings. The number of hydrogen-bond donors (Lipinski definition) is 2. The third-order valence-corrected chi connectivity index (χ3v) is 5.45. The molecule has 144 valence electrons. The van der Waals surface area contributed by atoms with Gasteiger partial charge in [-0.2, -0.15) is 0 Å². The quantitative estimate of drug-likeness (QED) is 0.638. The second-order valence-corrected chi connectivity index (χ2v) is 7.34. The highest BCUT2D eigenvalue weighted by molar-refractivity contribution is 7.18. The maximum Gasteiger partial charge on any atom is 0.206 e. The molecule has 0 atom stereocenters. The van der Waals surface area contributed by atoms with E-state index in [1.807, 2.05) is 12.1 Å². The molecule has 2 heterocycles. The Morgan fingerprint density at radius 2 is 1.79 bits per heavy atom. The first-order chi connectivity index (χ1) is 13.6. The third kappa shape index (κ3) is 3.97. The lowest BCUT2D eigenvalue weighted by Gasteiger charge is -2.28. The van der Waals surface area contributed by atoms with Crippen LogP contribution in [0.4, 0.5) is 26.7 Å². The second kappa shape index (κ2) is 7.95. The monoisotopic (exact) mass is 398 g/mol. The van der Waals surface area contributed by atoms with Crippen LogP contribution in [0.1, 0.15) is 15.2 Å². The number of anilines is 4. The van der Waals surface area contributed by atoms with Crippen molar-refractivity contribution in [1.82, 2.24) is 4.98 Å². The molecule has 0 radical (unpaired) electrons. The van der Waals surface area contributed by atoms with Crippen LogP contribution in [0.15, 0.2) is 48.5 Å². The van der Waals surface area contributed by atoms with Gasteiger partial charge in [0.25, 0.3) is 0 Å². The number of benzene rings is 2. The fourth-order valence-corrected chi connectivity index (χ4v) is 3.85. The number of rotatable bonds is 5. The minimum atomic E-state index is -0.319.